The molecule has 166 valence electrons. The first-order valence-electron chi connectivity index (χ1n) is 10.2. The van der Waals surface area contributed by atoms with Gasteiger partial charge in [-0.05, 0) is 38.9 Å². The molecule has 7 nitrogen and oxygen atoms in total. The Hall–Kier alpha value is -1.88. The Morgan fingerprint density at radius 1 is 1.17 bits per heavy atom. The molecule has 2 aromatic rings. The molecule has 3 rings (SSSR count). The number of benzene rings is 1. The van der Waals surface area contributed by atoms with E-state index in [0.29, 0.717) is 18.1 Å². The van der Waals surface area contributed by atoms with Crippen LogP contribution < -0.4 is 15.5 Å². The summed E-state index contributed by atoms with van der Waals surface area (Å²) in [5.74, 6) is 2.11. The molecule has 2 heterocycles. The van der Waals surface area contributed by atoms with Crippen molar-refractivity contribution in [3.63, 3.8) is 0 Å². The number of oxazole rings is 1. The molecule has 0 unspecified atom stereocenters. The van der Waals surface area contributed by atoms with Crippen LogP contribution in [0.4, 0.5) is 10.1 Å². The van der Waals surface area contributed by atoms with Crippen LogP contribution in [0.25, 0.3) is 0 Å². The van der Waals surface area contributed by atoms with Crippen LogP contribution >= 0.6 is 24.0 Å². The predicted molar refractivity (Wildman–Crippen MR) is 129 cm³/mol. The molecule has 0 bridgehead atoms. The molecule has 1 fully saturated rings. The summed E-state index contributed by atoms with van der Waals surface area (Å²) in [4.78, 5) is 13.2. The van der Waals surface area contributed by atoms with Gasteiger partial charge in [0.25, 0.3) is 0 Å². The summed E-state index contributed by atoms with van der Waals surface area (Å²) in [6.07, 6.45) is 1.01. The maximum absolute atomic E-state index is 13.9. The number of guanidine groups is 1. The molecule has 9 heteroatoms. The molecule has 0 radical (unpaired) electrons. The minimum Gasteiger partial charge on any atom is -0.444 e. The highest BCUT2D eigenvalue weighted by atomic mass is 127. The summed E-state index contributed by atoms with van der Waals surface area (Å²) in [5.41, 5.74) is 1.62. The summed E-state index contributed by atoms with van der Waals surface area (Å²) in [5, 5.41) is 6.55. The summed E-state index contributed by atoms with van der Waals surface area (Å²) in [7, 11) is 1.75. The van der Waals surface area contributed by atoms with Gasteiger partial charge in [-0.15, -0.1) is 24.0 Å². The molecular formula is C21H32FIN6O. The van der Waals surface area contributed by atoms with Crippen molar-refractivity contribution in [2.24, 2.45) is 4.99 Å². The first-order chi connectivity index (χ1) is 14.1. The fourth-order valence-corrected chi connectivity index (χ4v) is 3.42. The lowest BCUT2D eigenvalue weighted by atomic mass is 10.2. The number of nitrogens with zero attached hydrogens (tertiary/aromatic N) is 4. The number of anilines is 1. The molecule has 0 spiro atoms. The molecule has 0 atom stereocenters. The quantitative estimate of drug-likeness (QED) is 0.249. The average molecular weight is 530 g/mol. The number of nitrogens with one attached hydrogen (secondary N) is 2. The van der Waals surface area contributed by atoms with Gasteiger partial charge < -0.3 is 20.0 Å². The van der Waals surface area contributed by atoms with Gasteiger partial charge in [0.05, 0.1) is 17.9 Å². The minimum atomic E-state index is -0.140. The topological polar surface area (TPSA) is 68.9 Å². The Labute approximate surface area is 195 Å². The first kappa shape index (κ1) is 24.4. The Kier molecular flexibility index (Phi) is 9.83. The van der Waals surface area contributed by atoms with Gasteiger partial charge in [-0.3, -0.25) is 9.89 Å². The van der Waals surface area contributed by atoms with E-state index in [-0.39, 0.29) is 29.8 Å². The van der Waals surface area contributed by atoms with Crippen LogP contribution in [0.5, 0.6) is 0 Å². The SMILES string of the molecule is CN=C(NCCCN1CCN(c2ccccc2F)CC1)NCc1nc(C)c(C)o1.I. The number of para-hydroxylation sites is 1. The molecule has 2 N–H and O–H groups in total. The standard InChI is InChI=1S/C21H31FN6O.HI/c1-16-17(2)29-20(26-16)15-25-21(23-3)24-9-6-10-27-11-13-28(14-12-27)19-8-5-4-7-18(19)22;/h4-5,7-8H,6,9-15H2,1-3H3,(H2,23,24,25);1H. The van der Waals surface area contributed by atoms with Crippen molar-refractivity contribution in [3.05, 3.63) is 47.4 Å². The second kappa shape index (κ2) is 12.1. The fourth-order valence-electron chi connectivity index (χ4n) is 3.42. The summed E-state index contributed by atoms with van der Waals surface area (Å²) >= 11 is 0. The average Bonchev–Trinajstić information content (AvgIpc) is 3.06. The lowest BCUT2D eigenvalue weighted by Gasteiger charge is -2.36. The number of rotatable bonds is 7. The highest BCUT2D eigenvalue weighted by molar-refractivity contribution is 14.0. The zero-order chi connectivity index (χ0) is 20.6. The third-order valence-corrected chi connectivity index (χ3v) is 5.21. The van der Waals surface area contributed by atoms with Crippen LogP contribution in [-0.2, 0) is 6.54 Å². The molecule has 30 heavy (non-hydrogen) atoms. The van der Waals surface area contributed by atoms with Crippen LogP contribution in [0.15, 0.2) is 33.7 Å². The lowest BCUT2D eigenvalue weighted by Crippen LogP contribution is -2.47. The second-order valence-electron chi connectivity index (χ2n) is 7.24. The number of halogens is 2. The van der Waals surface area contributed by atoms with E-state index in [1.165, 1.54) is 6.07 Å². The van der Waals surface area contributed by atoms with Gasteiger partial charge >= 0.3 is 0 Å². The number of hydrogen-bond acceptors (Lipinski definition) is 5. The van der Waals surface area contributed by atoms with Gasteiger partial charge in [-0.1, -0.05) is 12.1 Å². The van der Waals surface area contributed by atoms with Crippen molar-refractivity contribution in [1.29, 1.82) is 0 Å². The number of hydrogen-bond donors (Lipinski definition) is 2. The van der Waals surface area contributed by atoms with Crippen molar-refractivity contribution < 1.29 is 8.81 Å². The van der Waals surface area contributed by atoms with E-state index in [9.17, 15) is 4.39 Å². The monoisotopic (exact) mass is 530 g/mol. The van der Waals surface area contributed by atoms with Gasteiger partial charge in [-0.25, -0.2) is 9.37 Å². The Morgan fingerprint density at radius 2 is 1.90 bits per heavy atom. The lowest BCUT2D eigenvalue weighted by molar-refractivity contribution is 0.254. The molecule has 1 aliphatic heterocycles. The normalized spacial score (nSPS) is 15.1. The molecule has 0 saturated carbocycles. The number of aryl methyl sites for hydroxylation is 2. The van der Waals surface area contributed by atoms with Crippen LogP contribution in [0.1, 0.15) is 23.8 Å². The highest BCUT2D eigenvalue weighted by Crippen LogP contribution is 2.20. The maximum atomic E-state index is 13.9. The zero-order valence-electron chi connectivity index (χ0n) is 17.9. The van der Waals surface area contributed by atoms with E-state index in [0.717, 1.165) is 63.1 Å². The summed E-state index contributed by atoms with van der Waals surface area (Å²) in [6, 6.07) is 7.01. The van der Waals surface area contributed by atoms with Crippen LogP contribution in [0, 0.1) is 19.7 Å². The molecule has 0 aliphatic carbocycles. The van der Waals surface area contributed by atoms with Crippen molar-refractivity contribution in [2.45, 2.75) is 26.8 Å². The van der Waals surface area contributed by atoms with E-state index in [1.807, 2.05) is 26.0 Å². The Morgan fingerprint density at radius 3 is 2.53 bits per heavy atom. The summed E-state index contributed by atoms with van der Waals surface area (Å²) in [6.45, 7) is 9.80. The predicted octanol–water partition coefficient (Wildman–Crippen LogP) is 2.93. The summed E-state index contributed by atoms with van der Waals surface area (Å²) < 4.78 is 19.5. The van der Waals surface area contributed by atoms with Crippen LogP contribution in [-0.4, -0.2) is 62.2 Å². The molecule has 1 aromatic heterocycles. The van der Waals surface area contributed by atoms with E-state index >= 15 is 0 Å². The molecule has 1 aromatic carbocycles. The van der Waals surface area contributed by atoms with Gasteiger partial charge in [0.15, 0.2) is 5.96 Å². The van der Waals surface area contributed by atoms with E-state index in [1.54, 1.807) is 13.1 Å². The van der Waals surface area contributed by atoms with Gasteiger partial charge in [0.1, 0.15) is 11.6 Å². The zero-order valence-corrected chi connectivity index (χ0v) is 20.3. The fraction of sp³-hybridized carbons (Fsp3) is 0.524. The molecule has 0 amide bonds. The number of piperazine rings is 1. The Balaban J connectivity index is 0.00000320. The van der Waals surface area contributed by atoms with Crippen molar-refractivity contribution >= 4 is 35.6 Å². The van der Waals surface area contributed by atoms with E-state index < -0.39 is 0 Å². The molecule has 1 aliphatic rings. The van der Waals surface area contributed by atoms with Gasteiger partial charge in [0.2, 0.25) is 5.89 Å². The second-order valence-corrected chi connectivity index (χ2v) is 7.24. The number of aromatic nitrogens is 1. The maximum Gasteiger partial charge on any atom is 0.214 e. The van der Waals surface area contributed by atoms with Crippen molar-refractivity contribution in [3.8, 4) is 0 Å². The van der Waals surface area contributed by atoms with Crippen LogP contribution in [0.3, 0.4) is 0 Å². The van der Waals surface area contributed by atoms with Crippen molar-refractivity contribution in [1.82, 2.24) is 20.5 Å². The minimum absolute atomic E-state index is 0. The van der Waals surface area contributed by atoms with Crippen molar-refractivity contribution in [2.75, 3.05) is 51.2 Å². The van der Waals surface area contributed by atoms with Crippen LogP contribution in [0.2, 0.25) is 0 Å². The third-order valence-electron chi connectivity index (χ3n) is 5.21. The molecule has 1 saturated heterocycles. The number of aliphatic imine (C=N–C) groups is 1. The Bertz CT molecular complexity index is 800. The largest absolute Gasteiger partial charge is 0.444 e. The van der Waals surface area contributed by atoms with E-state index in [2.05, 4.69) is 30.4 Å². The van der Waals surface area contributed by atoms with Gasteiger partial charge in [0, 0.05) is 39.8 Å². The first-order valence-corrected chi connectivity index (χ1v) is 10.2. The van der Waals surface area contributed by atoms with E-state index in [4.69, 9.17) is 4.42 Å². The smallest absolute Gasteiger partial charge is 0.214 e. The third kappa shape index (κ3) is 6.83. The van der Waals surface area contributed by atoms with Gasteiger partial charge in [-0.2, -0.15) is 0 Å². The highest BCUT2D eigenvalue weighted by Gasteiger charge is 2.18. The molecular weight excluding hydrogens is 498 g/mol.